The van der Waals surface area contributed by atoms with E-state index in [-0.39, 0.29) is 0 Å². The quantitative estimate of drug-likeness (QED) is 0.167. The molecule has 0 N–H and O–H groups in total. The van der Waals surface area contributed by atoms with Gasteiger partial charge in [-0.1, -0.05) is 146 Å². The van der Waals surface area contributed by atoms with Gasteiger partial charge in [0.05, 0.1) is 11.0 Å². The molecule has 6 nitrogen and oxygen atoms in total. The average molecular weight is 807 g/mol. The molecule has 13 aromatic rings. The molecule has 6 heteroatoms. The summed E-state index contributed by atoms with van der Waals surface area (Å²) in [6.07, 6.45) is 0. The molecule has 294 valence electrons. The van der Waals surface area contributed by atoms with E-state index in [9.17, 15) is 0 Å². The molecule has 0 radical (unpaired) electrons. The molecule has 0 atom stereocenters. The van der Waals surface area contributed by atoms with Gasteiger partial charge in [0.15, 0.2) is 17.5 Å². The average Bonchev–Trinajstić information content (AvgIpc) is 4.03. The van der Waals surface area contributed by atoms with E-state index in [0.717, 1.165) is 88.5 Å². The first-order valence-corrected chi connectivity index (χ1v) is 21.1. The van der Waals surface area contributed by atoms with Crippen LogP contribution in [0.1, 0.15) is 0 Å². The van der Waals surface area contributed by atoms with Crippen molar-refractivity contribution < 1.29 is 8.83 Å². The van der Waals surface area contributed by atoms with Gasteiger partial charge in [-0.05, 0) is 77.4 Å². The van der Waals surface area contributed by atoms with Crippen molar-refractivity contribution in [3.05, 3.63) is 206 Å². The fraction of sp³-hybridized carbons (Fsp3) is 0. The number of nitrogens with zero attached hydrogens (tertiary/aromatic N) is 4. The smallest absolute Gasteiger partial charge is 0.164 e. The van der Waals surface area contributed by atoms with Crippen molar-refractivity contribution in [2.45, 2.75) is 0 Å². The second kappa shape index (κ2) is 14.0. The van der Waals surface area contributed by atoms with Crippen LogP contribution in [-0.2, 0) is 0 Å². The molecule has 4 aromatic heterocycles. The normalized spacial score (nSPS) is 11.8. The van der Waals surface area contributed by atoms with E-state index >= 15 is 0 Å². The van der Waals surface area contributed by atoms with Gasteiger partial charge in [-0.3, -0.25) is 0 Å². The third-order valence-corrected chi connectivity index (χ3v) is 12.3. The third kappa shape index (κ3) is 5.69. The number of benzene rings is 9. The van der Waals surface area contributed by atoms with Gasteiger partial charge in [0.25, 0.3) is 0 Å². The Balaban J connectivity index is 0.933. The molecule has 0 spiro atoms. The molecule has 0 aliphatic heterocycles. The highest BCUT2D eigenvalue weighted by Crippen LogP contribution is 2.43. The molecule has 9 aromatic carbocycles. The second-order valence-corrected chi connectivity index (χ2v) is 15.9. The summed E-state index contributed by atoms with van der Waals surface area (Å²) in [6.45, 7) is 0. The Morgan fingerprint density at radius 2 is 0.841 bits per heavy atom. The minimum Gasteiger partial charge on any atom is -0.456 e. The van der Waals surface area contributed by atoms with E-state index in [1.807, 2.05) is 54.6 Å². The van der Waals surface area contributed by atoms with Crippen LogP contribution in [0.2, 0.25) is 0 Å². The Morgan fingerprint density at radius 3 is 1.62 bits per heavy atom. The zero-order chi connectivity index (χ0) is 41.4. The number of fused-ring (bicyclic) bond motifs is 9. The van der Waals surface area contributed by atoms with Gasteiger partial charge in [0, 0.05) is 60.3 Å². The maximum Gasteiger partial charge on any atom is 0.164 e. The number of furan rings is 2. The summed E-state index contributed by atoms with van der Waals surface area (Å²) in [4.78, 5) is 15.1. The van der Waals surface area contributed by atoms with Gasteiger partial charge >= 0.3 is 0 Å². The minimum absolute atomic E-state index is 0.556. The maximum absolute atomic E-state index is 6.89. The first-order chi connectivity index (χ1) is 31.2. The monoisotopic (exact) mass is 806 g/mol. The molecule has 0 aliphatic carbocycles. The molecular weight excluding hydrogens is 773 g/mol. The lowest BCUT2D eigenvalue weighted by Crippen LogP contribution is -2.00. The van der Waals surface area contributed by atoms with Crippen LogP contribution in [0.4, 0.5) is 0 Å². The highest BCUT2D eigenvalue weighted by atomic mass is 16.3. The molecule has 0 unspecified atom stereocenters. The van der Waals surface area contributed by atoms with Crippen molar-refractivity contribution in [1.82, 2.24) is 19.5 Å². The molecule has 4 heterocycles. The molecular formula is C57H34N4O2. The van der Waals surface area contributed by atoms with Gasteiger partial charge in [0.1, 0.15) is 22.3 Å². The highest BCUT2D eigenvalue weighted by molar-refractivity contribution is 6.13. The zero-order valence-corrected chi connectivity index (χ0v) is 33.7. The lowest BCUT2D eigenvalue weighted by atomic mass is 9.92. The van der Waals surface area contributed by atoms with E-state index in [0.29, 0.717) is 17.5 Å². The number of hydrogen-bond donors (Lipinski definition) is 0. The van der Waals surface area contributed by atoms with Crippen molar-refractivity contribution in [1.29, 1.82) is 0 Å². The van der Waals surface area contributed by atoms with Crippen LogP contribution in [0.25, 0.3) is 128 Å². The van der Waals surface area contributed by atoms with Crippen molar-refractivity contribution >= 4 is 65.7 Å². The molecule has 0 amide bonds. The van der Waals surface area contributed by atoms with Crippen LogP contribution >= 0.6 is 0 Å². The number of aromatic nitrogens is 4. The van der Waals surface area contributed by atoms with E-state index in [1.54, 1.807) is 0 Å². The fourth-order valence-electron chi connectivity index (χ4n) is 9.33. The summed E-state index contributed by atoms with van der Waals surface area (Å²) in [5.41, 5.74) is 13.7. The predicted molar refractivity (Wildman–Crippen MR) is 256 cm³/mol. The van der Waals surface area contributed by atoms with E-state index in [1.165, 1.54) is 21.8 Å². The maximum atomic E-state index is 6.89. The summed E-state index contributed by atoms with van der Waals surface area (Å²) in [6, 6.07) is 71.7. The van der Waals surface area contributed by atoms with E-state index in [4.69, 9.17) is 23.8 Å². The fourth-order valence-corrected chi connectivity index (χ4v) is 9.33. The molecule has 0 bridgehead atoms. The second-order valence-electron chi connectivity index (χ2n) is 15.9. The number of hydrogen-bond acceptors (Lipinski definition) is 5. The Labute approximate surface area is 361 Å². The molecule has 13 rings (SSSR count). The van der Waals surface area contributed by atoms with E-state index < -0.39 is 0 Å². The Kier molecular flexibility index (Phi) is 7.80. The van der Waals surface area contributed by atoms with Gasteiger partial charge < -0.3 is 13.4 Å². The third-order valence-electron chi connectivity index (χ3n) is 12.3. The van der Waals surface area contributed by atoms with Gasteiger partial charge in [-0.2, -0.15) is 0 Å². The van der Waals surface area contributed by atoms with Crippen molar-refractivity contribution in [2.24, 2.45) is 0 Å². The topological polar surface area (TPSA) is 69.9 Å². The van der Waals surface area contributed by atoms with Crippen LogP contribution in [0, 0.1) is 0 Å². The predicted octanol–water partition coefficient (Wildman–Crippen LogP) is 15.1. The Hall–Kier alpha value is -8.61. The number of para-hydroxylation sites is 4. The summed E-state index contributed by atoms with van der Waals surface area (Å²) >= 11 is 0. The summed E-state index contributed by atoms with van der Waals surface area (Å²) in [5, 5.41) is 6.64. The number of rotatable bonds is 6. The van der Waals surface area contributed by atoms with Crippen LogP contribution < -0.4 is 0 Å². The van der Waals surface area contributed by atoms with Crippen LogP contribution in [0.5, 0.6) is 0 Å². The lowest BCUT2D eigenvalue weighted by Gasteiger charge is -2.12. The van der Waals surface area contributed by atoms with Gasteiger partial charge in [0.2, 0.25) is 0 Å². The van der Waals surface area contributed by atoms with Crippen molar-refractivity contribution in [3.63, 3.8) is 0 Å². The first kappa shape index (κ1) is 35.2. The van der Waals surface area contributed by atoms with Gasteiger partial charge in [-0.15, -0.1) is 0 Å². The molecule has 0 aliphatic rings. The van der Waals surface area contributed by atoms with Crippen LogP contribution in [0.15, 0.2) is 215 Å². The molecule has 0 fully saturated rings. The zero-order valence-electron chi connectivity index (χ0n) is 33.7. The van der Waals surface area contributed by atoms with Crippen LogP contribution in [0.3, 0.4) is 0 Å². The Morgan fingerprint density at radius 1 is 0.302 bits per heavy atom. The van der Waals surface area contributed by atoms with Crippen molar-refractivity contribution in [3.8, 4) is 62.1 Å². The standard InChI is InChI=1S/C57H34N4O2/c1-3-14-35(15-4-1)55-58-56(37-26-29-44-43-21-10-12-25-51(43)62-52(44)33-37)60-57(59-55)38-27-30-45-47-23-13-22-46(54(47)63-53(45)34-38)41-19-8-7-18-40(41)36-28-31-50-48(32-36)42-20-9-11-24-49(42)61(50)39-16-5-2-6-17-39/h1-34H. The lowest BCUT2D eigenvalue weighted by molar-refractivity contribution is 0.669. The van der Waals surface area contributed by atoms with Crippen molar-refractivity contribution in [2.75, 3.05) is 0 Å². The molecule has 0 saturated carbocycles. The SMILES string of the molecule is c1ccc(-c2nc(-c3ccc4c(c3)oc3ccccc34)nc(-c3ccc4c(c3)oc3c(-c5ccccc5-c5ccc6c(c5)c5ccccc5n6-c5ccccc5)cccc34)n2)cc1. The largest absolute Gasteiger partial charge is 0.456 e. The minimum atomic E-state index is 0.556. The molecule has 0 saturated heterocycles. The summed E-state index contributed by atoms with van der Waals surface area (Å²) in [7, 11) is 0. The Bertz CT molecular complexity index is 3920. The summed E-state index contributed by atoms with van der Waals surface area (Å²) in [5.74, 6) is 1.71. The van der Waals surface area contributed by atoms with Crippen LogP contribution in [-0.4, -0.2) is 19.5 Å². The van der Waals surface area contributed by atoms with Gasteiger partial charge in [-0.25, -0.2) is 15.0 Å². The highest BCUT2D eigenvalue weighted by Gasteiger charge is 2.20. The molecule has 63 heavy (non-hydrogen) atoms. The summed E-state index contributed by atoms with van der Waals surface area (Å²) < 4.78 is 15.5. The van der Waals surface area contributed by atoms with E-state index in [2.05, 4.69) is 156 Å². The first-order valence-electron chi connectivity index (χ1n) is 21.1.